The van der Waals surface area contributed by atoms with Crippen LogP contribution in [0.15, 0.2) is 40.2 Å². The highest BCUT2D eigenvalue weighted by molar-refractivity contribution is 5.98. The molecule has 0 aromatic heterocycles. The number of hydrogen-bond donors (Lipinski definition) is 1. The first-order valence-corrected chi connectivity index (χ1v) is 5.10. The van der Waals surface area contributed by atoms with Crippen LogP contribution < -0.4 is 5.32 Å². The molecule has 3 rings (SSSR count). The number of amides is 1. The smallest absolute Gasteiger partial charge is 0.360 e. The van der Waals surface area contributed by atoms with Crippen LogP contribution in [-0.4, -0.2) is 5.91 Å². The first kappa shape index (κ1) is 10.9. The van der Waals surface area contributed by atoms with Gasteiger partial charge >= 0.3 is 6.18 Å². The van der Waals surface area contributed by atoms with Gasteiger partial charge in [-0.05, 0) is 6.07 Å². The largest absolute Gasteiger partial charge is 0.418 e. The van der Waals surface area contributed by atoms with Gasteiger partial charge in [-0.1, -0.05) is 12.1 Å². The highest BCUT2D eigenvalue weighted by atomic mass is 19.4. The van der Waals surface area contributed by atoms with Crippen LogP contribution in [0.3, 0.4) is 0 Å². The molecule has 18 heavy (non-hydrogen) atoms. The van der Waals surface area contributed by atoms with E-state index in [1.165, 1.54) is 18.3 Å². The van der Waals surface area contributed by atoms with Crippen LogP contribution in [0.4, 0.5) is 18.9 Å². The van der Waals surface area contributed by atoms with Gasteiger partial charge in [0.2, 0.25) is 0 Å². The van der Waals surface area contributed by atoms with Crippen LogP contribution in [0.25, 0.3) is 0 Å². The van der Waals surface area contributed by atoms with Crippen molar-refractivity contribution in [3.05, 3.63) is 41.1 Å². The lowest BCUT2D eigenvalue weighted by Crippen LogP contribution is -2.17. The summed E-state index contributed by atoms with van der Waals surface area (Å²) in [6, 6.07) is 3.06. The fourth-order valence-electron chi connectivity index (χ4n) is 2.06. The van der Waals surface area contributed by atoms with Crippen LogP contribution in [0, 0.1) is 0 Å². The third-order valence-electron chi connectivity index (χ3n) is 2.87. The Morgan fingerprint density at radius 1 is 1.28 bits per heavy atom. The fraction of sp³-hybridized carbons (Fsp3) is 0.182. The zero-order valence-corrected chi connectivity index (χ0v) is 8.82. The summed E-state index contributed by atoms with van der Waals surface area (Å²) in [4.78, 5) is 11.3. The Kier molecular flexibility index (Phi) is 2.07. The highest BCUT2D eigenvalue weighted by Crippen LogP contribution is 2.45. The maximum atomic E-state index is 12.8. The summed E-state index contributed by atoms with van der Waals surface area (Å²) < 4.78 is 38.4. The molecule has 1 unspecified atom stereocenters. The number of carbonyl (C=O) groups is 1. The van der Waals surface area contributed by atoms with E-state index in [1.54, 1.807) is 0 Å². The lowest BCUT2D eigenvalue weighted by atomic mass is 9.93. The minimum absolute atomic E-state index is 0.0626. The molecule has 1 atom stereocenters. The summed E-state index contributed by atoms with van der Waals surface area (Å²) in [6.07, 6.45) is -3.21. The van der Waals surface area contributed by atoms with Gasteiger partial charge in [-0.25, -0.2) is 0 Å². The van der Waals surface area contributed by atoms with Gasteiger partial charge in [-0.2, -0.15) is 18.3 Å². The van der Waals surface area contributed by atoms with Crippen molar-refractivity contribution in [2.24, 2.45) is 10.2 Å². The SMILES string of the molecule is O=C1N=NC2C1=CNc1c2cccc1C(F)(F)F. The zero-order chi connectivity index (χ0) is 12.9. The van der Waals surface area contributed by atoms with Gasteiger partial charge in [0.1, 0.15) is 6.04 Å². The number of para-hydroxylation sites is 1. The van der Waals surface area contributed by atoms with Crippen LogP contribution in [-0.2, 0) is 11.0 Å². The molecule has 0 bridgehead atoms. The van der Waals surface area contributed by atoms with Crippen LogP contribution >= 0.6 is 0 Å². The molecule has 1 N–H and O–H groups in total. The number of hydrogen-bond acceptors (Lipinski definition) is 3. The normalized spacial score (nSPS) is 21.2. The number of alkyl halides is 3. The molecular formula is C11H6F3N3O. The Hall–Kier alpha value is -2.18. The van der Waals surface area contributed by atoms with Gasteiger partial charge in [0.05, 0.1) is 16.8 Å². The van der Waals surface area contributed by atoms with Gasteiger partial charge in [0.15, 0.2) is 0 Å². The topological polar surface area (TPSA) is 53.8 Å². The maximum Gasteiger partial charge on any atom is 0.418 e. The summed E-state index contributed by atoms with van der Waals surface area (Å²) in [5.74, 6) is -0.518. The van der Waals surface area contributed by atoms with E-state index >= 15 is 0 Å². The molecule has 2 aliphatic rings. The lowest BCUT2D eigenvalue weighted by molar-refractivity contribution is -0.137. The van der Waals surface area contributed by atoms with E-state index in [9.17, 15) is 18.0 Å². The number of nitrogens with one attached hydrogen (secondary N) is 1. The van der Waals surface area contributed by atoms with Crippen molar-refractivity contribution in [3.63, 3.8) is 0 Å². The van der Waals surface area contributed by atoms with Crippen LogP contribution in [0.1, 0.15) is 17.2 Å². The van der Waals surface area contributed by atoms with Gasteiger partial charge in [0.25, 0.3) is 5.91 Å². The molecule has 0 saturated carbocycles. The number of benzene rings is 1. The number of anilines is 1. The number of fused-ring (bicyclic) bond motifs is 3. The van der Waals surface area contributed by atoms with E-state index in [0.717, 1.165) is 6.07 Å². The van der Waals surface area contributed by atoms with Crippen molar-refractivity contribution in [1.82, 2.24) is 0 Å². The Balaban J connectivity index is 2.17. The summed E-state index contributed by atoms with van der Waals surface area (Å²) >= 11 is 0. The van der Waals surface area contributed by atoms with Gasteiger partial charge < -0.3 is 5.32 Å². The van der Waals surface area contributed by atoms with Crippen molar-refractivity contribution in [2.75, 3.05) is 5.32 Å². The third kappa shape index (κ3) is 1.43. The molecule has 2 heterocycles. The summed E-state index contributed by atoms with van der Waals surface area (Å²) in [5.41, 5.74) is -0.254. The monoisotopic (exact) mass is 253 g/mol. The number of halogens is 3. The third-order valence-corrected chi connectivity index (χ3v) is 2.87. The fourth-order valence-corrected chi connectivity index (χ4v) is 2.06. The van der Waals surface area contributed by atoms with E-state index in [2.05, 4.69) is 15.5 Å². The van der Waals surface area contributed by atoms with Crippen molar-refractivity contribution < 1.29 is 18.0 Å². The number of carbonyl (C=O) groups excluding carboxylic acids is 1. The molecule has 0 spiro atoms. The Morgan fingerprint density at radius 2 is 2.06 bits per heavy atom. The Morgan fingerprint density at radius 3 is 2.78 bits per heavy atom. The minimum Gasteiger partial charge on any atom is -0.360 e. The van der Waals surface area contributed by atoms with E-state index in [0.29, 0.717) is 5.56 Å². The molecule has 0 fully saturated rings. The molecule has 1 aromatic carbocycles. The molecule has 1 aromatic rings. The molecular weight excluding hydrogens is 247 g/mol. The quantitative estimate of drug-likeness (QED) is 0.772. The van der Waals surface area contributed by atoms with Crippen LogP contribution in [0.5, 0.6) is 0 Å². The zero-order valence-electron chi connectivity index (χ0n) is 8.82. The average Bonchev–Trinajstić information content (AvgIpc) is 2.69. The second-order valence-corrected chi connectivity index (χ2v) is 3.93. The van der Waals surface area contributed by atoms with E-state index in [-0.39, 0.29) is 11.3 Å². The van der Waals surface area contributed by atoms with Crippen molar-refractivity contribution in [1.29, 1.82) is 0 Å². The summed E-state index contributed by atoms with van der Waals surface area (Å²) in [6.45, 7) is 0. The second kappa shape index (κ2) is 3.41. The second-order valence-electron chi connectivity index (χ2n) is 3.93. The van der Waals surface area contributed by atoms with E-state index < -0.39 is 23.7 Å². The Labute approximate surface area is 99.2 Å². The molecule has 2 aliphatic heterocycles. The van der Waals surface area contributed by atoms with Crippen molar-refractivity contribution >= 4 is 11.6 Å². The molecule has 0 saturated heterocycles. The number of rotatable bonds is 0. The molecule has 92 valence electrons. The predicted octanol–water partition coefficient (Wildman–Crippen LogP) is 3.05. The first-order valence-electron chi connectivity index (χ1n) is 5.10. The molecule has 1 amide bonds. The number of azo groups is 1. The van der Waals surface area contributed by atoms with Crippen molar-refractivity contribution in [2.45, 2.75) is 12.2 Å². The molecule has 4 nitrogen and oxygen atoms in total. The minimum atomic E-state index is -4.45. The van der Waals surface area contributed by atoms with Crippen LogP contribution in [0.2, 0.25) is 0 Å². The summed E-state index contributed by atoms with van der Waals surface area (Å²) in [5, 5.41) is 9.59. The maximum absolute atomic E-state index is 12.8. The Bertz CT molecular complexity index is 604. The predicted molar refractivity (Wildman–Crippen MR) is 55.8 cm³/mol. The average molecular weight is 253 g/mol. The molecule has 0 radical (unpaired) electrons. The van der Waals surface area contributed by atoms with E-state index in [4.69, 9.17) is 0 Å². The van der Waals surface area contributed by atoms with Gasteiger partial charge in [-0.15, -0.1) is 5.11 Å². The summed E-state index contributed by atoms with van der Waals surface area (Å²) in [7, 11) is 0. The molecule has 0 aliphatic carbocycles. The van der Waals surface area contributed by atoms with E-state index in [1.807, 2.05) is 0 Å². The van der Waals surface area contributed by atoms with Gasteiger partial charge in [-0.3, -0.25) is 4.79 Å². The lowest BCUT2D eigenvalue weighted by Gasteiger charge is -2.22. The standard InChI is InChI=1S/C11H6F3N3O/c12-11(13,14)7-3-1-2-5-8-6(4-15-9(5)7)10(18)17-16-8/h1-4,8,15H. The first-order chi connectivity index (χ1) is 8.48. The van der Waals surface area contributed by atoms with Gasteiger partial charge in [0, 0.05) is 11.8 Å². The number of nitrogens with zero attached hydrogens (tertiary/aromatic N) is 2. The highest BCUT2D eigenvalue weighted by Gasteiger charge is 2.39. The van der Waals surface area contributed by atoms with Crippen molar-refractivity contribution in [3.8, 4) is 0 Å². The molecule has 7 heteroatoms.